The Hall–Kier alpha value is -1.74. The summed E-state index contributed by atoms with van der Waals surface area (Å²) in [5.41, 5.74) is 2.68. The fourth-order valence-electron chi connectivity index (χ4n) is 2.38. The third kappa shape index (κ3) is 3.42. The monoisotopic (exact) mass is 275 g/mol. The van der Waals surface area contributed by atoms with Gasteiger partial charge < -0.3 is 5.32 Å². The Morgan fingerprint density at radius 1 is 1.10 bits per heavy atom. The second-order valence-electron chi connectivity index (χ2n) is 4.91. The average molecular weight is 275 g/mol. The van der Waals surface area contributed by atoms with Gasteiger partial charge in [0.1, 0.15) is 11.6 Å². The van der Waals surface area contributed by atoms with E-state index in [1.165, 1.54) is 12.1 Å². The van der Waals surface area contributed by atoms with Crippen LogP contribution in [0.25, 0.3) is 0 Å². The molecule has 2 rings (SSSR count). The predicted molar refractivity (Wildman–Crippen MR) is 77.7 cm³/mol. The van der Waals surface area contributed by atoms with Crippen molar-refractivity contribution in [2.75, 3.05) is 6.54 Å². The highest BCUT2D eigenvalue weighted by Gasteiger charge is 2.17. The molecular weight excluding hydrogens is 256 g/mol. The van der Waals surface area contributed by atoms with Crippen molar-refractivity contribution in [1.29, 1.82) is 0 Å². The molecule has 0 aromatic heterocycles. The van der Waals surface area contributed by atoms with Crippen molar-refractivity contribution in [3.8, 4) is 0 Å². The van der Waals surface area contributed by atoms with Crippen LogP contribution in [-0.2, 0) is 6.42 Å². The first-order valence-electron chi connectivity index (χ1n) is 6.84. The van der Waals surface area contributed by atoms with Gasteiger partial charge in [-0.25, -0.2) is 8.78 Å². The van der Waals surface area contributed by atoms with Crippen LogP contribution in [0.15, 0.2) is 42.5 Å². The third-order valence-electron chi connectivity index (χ3n) is 3.47. The van der Waals surface area contributed by atoms with E-state index in [1.54, 1.807) is 0 Å². The minimum Gasteiger partial charge on any atom is -0.310 e. The highest BCUT2D eigenvalue weighted by molar-refractivity contribution is 5.30. The van der Waals surface area contributed by atoms with Gasteiger partial charge in [-0.2, -0.15) is 0 Å². The number of hydrogen-bond donors (Lipinski definition) is 1. The van der Waals surface area contributed by atoms with Gasteiger partial charge >= 0.3 is 0 Å². The molecule has 0 aliphatic rings. The molecule has 0 amide bonds. The second kappa shape index (κ2) is 6.62. The number of nitrogens with one attached hydrogen (secondary N) is 1. The summed E-state index contributed by atoms with van der Waals surface area (Å²) in [6.07, 6.45) is 0.640. The molecule has 1 nitrogen and oxygen atoms in total. The number of hydrogen-bond acceptors (Lipinski definition) is 1. The highest BCUT2D eigenvalue weighted by atomic mass is 19.1. The molecule has 0 fully saturated rings. The van der Waals surface area contributed by atoms with Crippen LogP contribution in [0, 0.1) is 18.6 Å². The summed E-state index contributed by atoms with van der Waals surface area (Å²) in [5.74, 6) is -0.778. The van der Waals surface area contributed by atoms with Gasteiger partial charge in [-0.1, -0.05) is 31.2 Å². The Balaban J connectivity index is 2.32. The van der Waals surface area contributed by atoms with Crippen molar-refractivity contribution in [2.45, 2.75) is 26.3 Å². The van der Waals surface area contributed by atoms with Crippen LogP contribution in [0.2, 0.25) is 0 Å². The van der Waals surface area contributed by atoms with Crippen molar-refractivity contribution in [3.63, 3.8) is 0 Å². The minimum atomic E-state index is -0.408. The average Bonchev–Trinajstić information content (AvgIpc) is 2.43. The lowest BCUT2D eigenvalue weighted by Crippen LogP contribution is -2.24. The molecule has 1 unspecified atom stereocenters. The van der Waals surface area contributed by atoms with Crippen molar-refractivity contribution >= 4 is 0 Å². The second-order valence-corrected chi connectivity index (χ2v) is 4.91. The van der Waals surface area contributed by atoms with E-state index in [9.17, 15) is 8.78 Å². The maximum Gasteiger partial charge on any atom is 0.128 e. The number of rotatable bonds is 5. The largest absolute Gasteiger partial charge is 0.310 e. The zero-order valence-electron chi connectivity index (χ0n) is 11.8. The van der Waals surface area contributed by atoms with E-state index in [4.69, 9.17) is 0 Å². The molecule has 2 aromatic rings. The quantitative estimate of drug-likeness (QED) is 0.863. The summed E-state index contributed by atoms with van der Waals surface area (Å²) < 4.78 is 27.3. The van der Waals surface area contributed by atoms with Gasteiger partial charge in [0.2, 0.25) is 0 Å². The lowest BCUT2D eigenvalue weighted by molar-refractivity contribution is 0.501. The van der Waals surface area contributed by atoms with Gasteiger partial charge in [-0.05, 0) is 49.2 Å². The van der Waals surface area contributed by atoms with Crippen molar-refractivity contribution in [3.05, 3.63) is 70.8 Å². The minimum absolute atomic E-state index is 0.225. The fraction of sp³-hybridized carbons (Fsp3) is 0.294. The van der Waals surface area contributed by atoms with E-state index in [1.807, 2.05) is 38.1 Å². The van der Waals surface area contributed by atoms with Gasteiger partial charge in [0, 0.05) is 11.6 Å². The van der Waals surface area contributed by atoms with Crippen LogP contribution in [-0.4, -0.2) is 6.54 Å². The third-order valence-corrected chi connectivity index (χ3v) is 3.47. The summed E-state index contributed by atoms with van der Waals surface area (Å²) >= 11 is 0. The highest BCUT2D eigenvalue weighted by Crippen LogP contribution is 2.23. The molecule has 0 aliphatic heterocycles. The SMILES string of the molecule is CCNC(Cc1ccccc1C)c1cc(F)ccc1F. The zero-order valence-corrected chi connectivity index (χ0v) is 11.8. The Morgan fingerprint density at radius 2 is 1.85 bits per heavy atom. The summed E-state index contributed by atoms with van der Waals surface area (Å²) in [5, 5.41) is 3.24. The molecule has 106 valence electrons. The zero-order chi connectivity index (χ0) is 14.5. The van der Waals surface area contributed by atoms with E-state index < -0.39 is 5.82 Å². The van der Waals surface area contributed by atoms with E-state index in [-0.39, 0.29) is 11.9 Å². The van der Waals surface area contributed by atoms with Crippen molar-refractivity contribution in [2.24, 2.45) is 0 Å². The van der Waals surface area contributed by atoms with Crippen LogP contribution in [0.1, 0.15) is 29.7 Å². The molecular formula is C17H19F2N. The first-order chi connectivity index (χ1) is 9.61. The summed E-state index contributed by atoms with van der Waals surface area (Å²) in [4.78, 5) is 0. The van der Waals surface area contributed by atoms with E-state index in [0.717, 1.165) is 17.2 Å². The molecule has 0 heterocycles. The van der Waals surface area contributed by atoms with Gasteiger partial charge in [0.05, 0.1) is 0 Å². The van der Waals surface area contributed by atoms with Gasteiger partial charge in [0.25, 0.3) is 0 Å². The Bertz CT molecular complexity index is 581. The van der Waals surface area contributed by atoms with Crippen LogP contribution in [0.5, 0.6) is 0 Å². The predicted octanol–water partition coefficient (Wildman–Crippen LogP) is 4.17. The van der Waals surface area contributed by atoms with Gasteiger partial charge in [-0.15, -0.1) is 0 Å². The van der Waals surface area contributed by atoms with Crippen LogP contribution < -0.4 is 5.32 Å². The summed E-state index contributed by atoms with van der Waals surface area (Å²) in [6, 6.07) is 11.4. The lowest BCUT2D eigenvalue weighted by atomic mass is 9.95. The van der Waals surface area contributed by atoms with Crippen molar-refractivity contribution < 1.29 is 8.78 Å². The molecule has 20 heavy (non-hydrogen) atoms. The summed E-state index contributed by atoms with van der Waals surface area (Å²) in [7, 11) is 0. The first kappa shape index (κ1) is 14.7. The van der Waals surface area contributed by atoms with Crippen molar-refractivity contribution in [1.82, 2.24) is 5.32 Å². The Labute approximate surface area is 118 Å². The number of likely N-dealkylation sites (N-methyl/N-ethyl adjacent to an activating group) is 1. The molecule has 1 atom stereocenters. The molecule has 1 N–H and O–H groups in total. The normalized spacial score (nSPS) is 12.4. The number of benzene rings is 2. The van der Waals surface area contributed by atoms with Crippen LogP contribution in [0.4, 0.5) is 8.78 Å². The molecule has 0 saturated heterocycles. The molecule has 0 aliphatic carbocycles. The molecule has 2 aromatic carbocycles. The molecule has 0 saturated carbocycles. The maximum atomic E-state index is 13.9. The van der Waals surface area contributed by atoms with E-state index in [2.05, 4.69) is 5.32 Å². The number of halogens is 2. The van der Waals surface area contributed by atoms with E-state index >= 15 is 0 Å². The maximum absolute atomic E-state index is 13.9. The molecule has 0 radical (unpaired) electrons. The lowest BCUT2D eigenvalue weighted by Gasteiger charge is -2.20. The fourth-order valence-corrected chi connectivity index (χ4v) is 2.38. The standard InChI is InChI=1S/C17H19F2N/c1-3-20-17(10-13-7-5-4-6-12(13)2)15-11-14(18)8-9-16(15)19/h4-9,11,17,20H,3,10H2,1-2H3. The van der Waals surface area contributed by atoms with E-state index in [0.29, 0.717) is 18.5 Å². The van der Waals surface area contributed by atoms with Crippen LogP contribution >= 0.6 is 0 Å². The number of aryl methyl sites for hydroxylation is 1. The van der Waals surface area contributed by atoms with Gasteiger partial charge in [-0.3, -0.25) is 0 Å². The summed E-state index contributed by atoms with van der Waals surface area (Å²) in [6.45, 7) is 4.69. The smallest absolute Gasteiger partial charge is 0.128 e. The molecule has 3 heteroatoms. The van der Waals surface area contributed by atoms with Crippen LogP contribution in [0.3, 0.4) is 0 Å². The first-order valence-corrected chi connectivity index (χ1v) is 6.84. The Kier molecular flexibility index (Phi) is 4.85. The topological polar surface area (TPSA) is 12.0 Å². The molecule has 0 bridgehead atoms. The Morgan fingerprint density at radius 3 is 2.55 bits per heavy atom. The van der Waals surface area contributed by atoms with Gasteiger partial charge in [0.15, 0.2) is 0 Å². The molecule has 0 spiro atoms.